The molecule has 4 heteroatoms. The normalized spacial score (nSPS) is 24.4. The van der Waals surface area contributed by atoms with E-state index in [0.29, 0.717) is 5.92 Å². The Balaban J connectivity index is 1.88. The van der Waals surface area contributed by atoms with Gasteiger partial charge < -0.3 is 15.2 Å². The van der Waals surface area contributed by atoms with Crippen molar-refractivity contribution in [3.63, 3.8) is 0 Å². The molecular weight excluding hydrogens is 233 g/mol. The van der Waals surface area contributed by atoms with Gasteiger partial charge in [0.15, 0.2) is 11.6 Å². The third kappa shape index (κ3) is 3.00. The van der Waals surface area contributed by atoms with Gasteiger partial charge in [-0.15, -0.1) is 0 Å². The second kappa shape index (κ2) is 5.67. The molecule has 1 aromatic carbocycles. The van der Waals surface area contributed by atoms with Gasteiger partial charge in [-0.2, -0.15) is 0 Å². The Morgan fingerprint density at radius 3 is 2.78 bits per heavy atom. The summed E-state index contributed by atoms with van der Waals surface area (Å²) in [6, 6.07) is 5.13. The van der Waals surface area contributed by atoms with Crippen LogP contribution in [-0.2, 0) is 0 Å². The van der Waals surface area contributed by atoms with E-state index < -0.39 is 0 Å². The van der Waals surface area contributed by atoms with Crippen molar-refractivity contribution < 1.29 is 14.2 Å². The molecule has 0 amide bonds. The van der Waals surface area contributed by atoms with E-state index in [4.69, 9.17) is 4.74 Å². The van der Waals surface area contributed by atoms with Crippen molar-refractivity contribution in [2.75, 3.05) is 13.7 Å². The van der Waals surface area contributed by atoms with Crippen molar-refractivity contribution in [2.45, 2.75) is 31.9 Å². The number of nitrogens with one attached hydrogen (secondary N) is 1. The lowest BCUT2D eigenvalue weighted by atomic mass is 9.82. The number of benzene rings is 1. The van der Waals surface area contributed by atoms with Crippen LogP contribution >= 0.6 is 0 Å². The minimum atomic E-state index is -0.331. The van der Waals surface area contributed by atoms with E-state index in [2.05, 4.69) is 5.32 Å². The molecule has 1 aliphatic carbocycles. The maximum absolute atomic E-state index is 13.6. The average molecular weight is 253 g/mol. The van der Waals surface area contributed by atoms with Gasteiger partial charge in [-0.05, 0) is 49.9 Å². The molecule has 18 heavy (non-hydrogen) atoms. The Kier molecular flexibility index (Phi) is 4.19. The molecule has 0 radical (unpaired) electrons. The molecule has 1 fully saturated rings. The van der Waals surface area contributed by atoms with Crippen LogP contribution < -0.4 is 10.1 Å². The molecule has 0 aromatic heterocycles. The van der Waals surface area contributed by atoms with Gasteiger partial charge in [-0.25, -0.2) is 4.39 Å². The van der Waals surface area contributed by atoms with Crippen LogP contribution in [0.2, 0.25) is 0 Å². The first-order valence-electron chi connectivity index (χ1n) is 6.35. The first-order chi connectivity index (χ1) is 8.60. The fourth-order valence-corrected chi connectivity index (χ4v) is 2.28. The molecule has 0 bridgehead atoms. The summed E-state index contributed by atoms with van der Waals surface area (Å²) in [5.74, 6) is 0.487. The van der Waals surface area contributed by atoms with Crippen LogP contribution in [-0.4, -0.2) is 24.9 Å². The van der Waals surface area contributed by atoms with E-state index >= 15 is 0 Å². The van der Waals surface area contributed by atoms with Crippen molar-refractivity contribution in [1.82, 2.24) is 5.32 Å². The number of hydrogen-bond acceptors (Lipinski definition) is 3. The number of ether oxygens (including phenoxy) is 1. The van der Waals surface area contributed by atoms with Gasteiger partial charge in [0.2, 0.25) is 0 Å². The maximum atomic E-state index is 13.6. The van der Waals surface area contributed by atoms with Crippen LogP contribution in [0.3, 0.4) is 0 Å². The number of aliphatic hydroxyl groups excluding tert-OH is 1. The highest BCUT2D eigenvalue weighted by Gasteiger charge is 2.27. The summed E-state index contributed by atoms with van der Waals surface area (Å²) in [4.78, 5) is 0. The Morgan fingerprint density at radius 2 is 2.22 bits per heavy atom. The summed E-state index contributed by atoms with van der Waals surface area (Å²) in [6.07, 6.45) is 1.62. The fourth-order valence-electron chi connectivity index (χ4n) is 2.28. The van der Waals surface area contributed by atoms with Gasteiger partial charge in [-0.3, -0.25) is 0 Å². The maximum Gasteiger partial charge on any atom is 0.165 e. The van der Waals surface area contributed by atoms with Gasteiger partial charge >= 0.3 is 0 Å². The number of methoxy groups -OCH3 is 1. The molecule has 0 heterocycles. The average Bonchev–Trinajstić information content (AvgIpc) is 2.32. The molecule has 1 unspecified atom stereocenters. The van der Waals surface area contributed by atoms with Gasteiger partial charge in [0, 0.05) is 6.04 Å². The smallest absolute Gasteiger partial charge is 0.165 e. The molecular formula is C14H20FNO2. The van der Waals surface area contributed by atoms with Crippen molar-refractivity contribution in [2.24, 2.45) is 5.92 Å². The molecule has 2 N–H and O–H groups in total. The van der Waals surface area contributed by atoms with E-state index in [9.17, 15) is 9.50 Å². The van der Waals surface area contributed by atoms with Crippen LogP contribution in [0.1, 0.15) is 31.4 Å². The van der Waals surface area contributed by atoms with E-state index in [0.717, 1.165) is 24.9 Å². The van der Waals surface area contributed by atoms with E-state index in [-0.39, 0.29) is 23.7 Å². The zero-order valence-corrected chi connectivity index (χ0v) is 10.8. The molecule has 0 spiro atoms. The number of hydrogen-bond donors (Lipinski definition) is 2. The van der Waals surface area contributed by atoms with Crippen molar-refractivity contribution in [3.8, 4) is 5.75 Å². The summed E-state index contributed by atoms with van der Waals surface area (Å²) >= 11 is 0. The summed E-state index contributed by atoms with van der Waals surface area (Å²) in [6.45, 7) is 2.88. The first-order valence-corrected chi connectivity index (χ1v) is 6.35. The van der Waals surface area contributed by atoms with Gasteiger partial charge in [0.05, 0.1) is 13.2 Å². The van der Waals surface area contributed by atoms with Crippen molar-refractivity contribution in [3.05, 3.63) is 29.6 Å². The SMILES string of the molecule is COc1ccc(C(C)NCC2CC(O)C2)cc1F. The zero-order chi connectivity index (χ0) is 13.1. The summed E-state index contributed by atoms with van der Waals surface area (Å²) in [7, 11) is 1.46. The number of aliphatic hydroxyl groups is 1. The van der Waals surface area contributed by atoms with E-state index in [1.807, 2.05) is 13.0 Å². The van der Waals surface area contributed by atoms with Crippen LogP contribution in [0.4, 0.5) is 4.39 Å². The number of rotatable bonds is 5. The standard InChI is InChI=1S/C14H20FNO2/c1-9(16-8-10-5-12(17)6-10)11-3-4-14(18-2)13(15)7-11/h3-4,7,9-10,12,16-17H,5-6,8H2,1-2H3. The quantitative estimate of drug-likeness (QED) is 0.845. The second-order valence-corrected chi connectivity index (χ2v) is 5.02. The largest absolute Gasteiger partial charge is 0.494 e. The molecule has 1 aromatic rings. The molecule has 0 saturated heterocycles. The zero-order valence-electron chi connectivity index (χ0n) is 10.8. The highest BCUT2D eigenvalue weighted by atomic mass is 19.1. The third-order valence-electron chi connectivity index (χ3n) is 3.60. The lowest BCUT2D eigenvalue weighted by Crippen LogP contribution is -2.37. The summed E-state index contributed by atoms with van der Waals surface area (Å²) in [5.41, 5.74) is 0.910. The predicted octanol–water partition coefficient (Wildman–Crippen LogP) is 2.26. The minimum absolute atomic E-state index is 0.100. The Hall–Kier alpha value is -1.13. The molecule has 1 aliphatic rings. The number of halogens is 1. The summed E-state index contributed by atoms with van der Waals surface area (Å²) < 4.78 is 18.4. The van der Waals surface area contributed by atoms with Crippen LogP contribution in [0.15, 0.2) is 18.2 Å². The summed E-state index contributed by atoms with van der Waals surface area (Å²) in [5, 5.41) is 12.6. The Bertz CT molecular complexity index is 405. The Labute approximate surface area is 107 Å². The monoisotopic (exact) mass is 253 g/mol. The van der Waals surface area contributed by atoms with E-state index in [1.54, 1.807) is 6.07 Å². The van der Waals surface area contributed by atoms with Gasteiger partial charge in [0.25, 0.3) is 0 Å². The van der Waals surface area contributed by atoms with Crippen molar-refractivity contribution in [1.29, 1.82) is 0 Å². The van der Waals surface area contributed by atoms with Gasteiger partial charge in [0.1, 0.15) is 0 Å². The highest BCUT2D eigenvalue weighted by Crippen LogP contribution is 2.27. The van der Waals surface area contributed by atoms with Crippen molar-refractivity contribution >= 4 is 0 Å². The van der Waals surface area contributed by atoms with Crippen LogP contribution in [0.25, 0.3) is 0 Å². The molecule has 2 rings (SSSR count). The third-order valence-corrected chi connectivity index (χ3v) is 3.60. The van der Waals surface area contributed by atoms with E-state index in [1.165, 1.54) is 13.2 Å². The van der Waals surface area contributed by atoms with Crippen LogP contribution in [0, 0.1) is 11.7 Å². The van der Waals surface area contributed by atoms with Gasteiger partial charge in [-0.1, -0.05) is 6.07 Å². The molecule has 3 nitrogen and oxygen atoms in total. The minimum Gasteiger partial charge on any atom is -0.494 e. The lowest BCUT2D eigenvalue weighted by Gasteiger charge is -2.32. The second-order valence-electron chi connectivity index (χ2n) is 5.02. The molecule has 100 valence electrons. The molecule has 1 saturated carbocycles. The lowest BCUT2D eigenvalue weighted by molar-refractivity contribution is 0.0420. The predicted molar refractivity (Wildman–Crippen MR) is 68.1 cm³/mol. The van der Waals surface area contributed by atoms with Crippen LogP contribution in [0.5, 0.6) is 5.75 Å². The molecule has 0 aliphatic heterocycles. The fraction of sp³-hybridized carbons (Fsp3) is 0.571. The topological polar surface area (TPSA) is 41.5 Å². The Morgan fingerprint density at radius 1 is 1.50 bits per heavy atom. The molecule has 1 atom stereocenters. The first kappa shape index (κ1) is 13.3. The highest BCUT2D eigenvalue weighted by molar-refractivity contribution is 5.30.